The minimum atomic E-state index is -3.42. The summed E-state index contributed by atoms with van der Waals surface area (Å²) >= 11 is 5.85. The molecule has 1 amide bonds. The van der Waals surface area contributed by atoms with Gasteiger partial charge in [-0.2, -0.15) is 4.98 Å². The molecule has 10 heteroatoms. The summed E-state index contributed by atoms with van der Waals surface area (Å²) in [6.07, 6.45) is 1.09. The zero-order valence-corrected chi connectivity index (χ0v) is 16.7. The maximum atomic E-state index is 12.4. The number of carbonyl (C=O) groups excluding carboxylic acids is 1. The number of halogens is 1. The lowest BCUT2D eigenvalue weighted by atomic mass is 10.2. The number of nitrogens with one attached hydrogen (secondary N) is 1. The van der Waals surface area contributed by atoms with Crippen LogP contribution in [0.1, 0.15) is 16.2 Å². The van der Waals surface area contributed by atoms with Crippen molar-refractivity contribution in [2.75, 3.05) is 17.6 Å². The van der Waals surface area contributed by atoms with Gasteiger partial charge in [-0.25, -0.2) is 8.42 Å². The van der Waals surface area contributed by atoms with Crippen molar-refractivity contribution in [3.8, 4) is 11.4 Å². The first-order valence-electron chi connectivity index (χ1n) is 8.15. The van der Waals surface area contributed by atoms with E-state index in [-0.39, 0.29) is 12.4 Å². The molecular weight excluding hydrogens is 404 g/mol. The Bertz CT molecular complexity index is 1100. The number of carbonyl (C=O) groups is 1. The van der Waals surface area contributed by atoms with Crippen LogP contribution in [0, 0.1) is 0 Å². The fourth-order valence-electron chi connectivity index (χ4n) is 2.34. The van der Waals surface area contributed by atoms with Crippen molar-refractivity contribution in [3.05, 3.63) is 65.0 Å². The first-order valence-corrected chi connectivity index (χ1v) is 10.4. The predicted octanol–water partition coefficient (Wildman–Crippen LogP) is 2.72. The quantitative estimate of drug-likeness (QED) is 0.657. The highest BCUT2D eigenvalue weighted by Gasteiger charge is 2.15. The Morgan fingerprint density at radius 1 is 1.21 bits per heavy atom. The molecule has 0 saturated carbocycles. The van der Waals surface area contributed by atoms with Gasteiger partial charge < -0.3 is 9.84 Å². The van der Waals surface area contributed by atoms with Gasteiger partial charge >= 0.3 is 0 Å². The summed E-state index contributed by atoms with van der Waals surface area (Å²) in [4.78, 5) is 16.6. The first kappa shape index (κ1) is 19.8. The molecule has 0 atom stereocenters. The van der Waals surface area contributed by atoms with E-state index in [9.17, 15) is 13.2 Å². The van der Waals surface area contributed by atoms with Crippen LogP contribution in [-0.2, 0) is 16.6 Å². The normalized spacial score (nSPS) is 11.2. The van der Waals surface area contributed by atoms with Gasteiger partial charge in [-0.05, 0) is 42.5 Å². The molecule has 1 aromatic heterocycles. The van der Waals surface area contributed by atoms with E-state index in [1.165, 1.54) is 13.1 Å². The Morgan fingerprint density at radius 2 is 1.93 bits per heavy atom. The van der Waals surface area contributed by atoms with Crippen molar-refractivity contribution < 1.29 is 17.7 Å². The number of aromatic nitrogens is 2. The van der Waals surface area contributed by atoms with Crippen LogP contribution in [0.4, 0.5) is 5.69 Å². The lowest BCUT2D eigenvalue weighted by Crippen LogP contribution is -2.26. The molecule has 0 radical (unpaired) electrons. The largest absolute Gasteiger partial charge is 0.343 e. The lowest BCUT2D eigenvalue weighted by Gasteiger charge is -2.17. The zero-order chi connectivity index (χ0) is 20.3. The van der Waals surface area contributed by atoms with Crippen LogP contribution in [0.15, 0.2) is 53.1 Å². The van der Waals surface area contributed by atoms with Crippen molar-refractivity contribution >= 4 is 33.2 Å². The van der Waals surface area contributed by atoms with Gasteiger partial charge in [0.1, 0.15) is 0 Å². The monoisotopic (exact) mass is 420 g/mol. The molecule has 146 valence electrons. The third-order valence-electron chi connectivity index (χ3n) is 3.94. The van der Waals surface area contributed by atoms with Gasteiger partial charge in [0.2, 0.25) is 21.7 Å². The molecule has 3 aromatic rings. The van der Waals surface area contributed by atoms with Crippen molar-refractivity contribution in [2.45, 2.75) is 6.54 Å². The zero-order valence-electron chi connectivity index (χ0n) is 15.1. The Morgan fingerprint density at radius 3 is 2.61 bits per heavy atom. The molecule has 28 heavy (non-hydrogen) atoms. The fourth-order valence-corrected chi connectivity index (χ4v) is 2.96. The van der Waals surface area contributed by atoms with E-state index in [0.29, 0.717) is 22.1 Å². The summed E-state index contributed by atoms with van der Waals surface area (Å²) in [5, 5.41) is 7.15. The maximum Gasteiger partial charge on any atom is 0.251 e. The number of hydrogen-bond acceptors (Lipinski definition) is 6. The molecule has 0 aliphatic heterocycles. The van der Waals surface area contributed by atoms with Crippen LogP contribution < -0.4 is 9.62 Å². The minimum absolute atomic E-state index is 0.0333. The Labute approximate surface area is 167 Å². The van der Waals surface area contributed by atoms with Gasteiger partial charge in [0.15, 0.2) is 0 Å². The summed E-state index contributed by atoms with van der Waals surface area (Å²) in [7, 11) is -2.00. The van der Waals surface area contributed by atoms with Crippen LogP contribution in [0.25, 0.3) is 11.4 Å². The van der Waals surface area contributed by atoms with E-state index in [2.05, 4.69) is 15.5 Å². The Hall–Kier alpha value is -2.91. The van der Waals surface area contributed by atoms with Gasteiger partial charge in [-0.15, -0.1) is 0 Å². The van der Waals surface area contributed by atoms with Crippen LogP contribution in [0.3, 0.4) is 0 Å². The molecule has 0 aliphatic rings. The molecule has 0 bridgehead atoms. The highest BCUT2D eigenvalue weighted by Crippen LogP contribution is 2.19. The number of nitrogens with zero attached hydrogens (tertiary/aromatic N) is 3. The summed E-state index contributed by atoms with van der Waals surface area (Å²) in [6, 6.07) is 13.2. The molecule has 0 saturated heterocycles. The molecule has 0 unspecified atom stereocenters. The average molecular weight is 421 g/mol. The Kier molecular flexibility index (Phi) is 5.66. The summed E-state index contributed by atoms with van der Waals surface area (Å²) in [5.74, 6) is 0.232. The molecule has 2 aromatic carbocycles. The van der Waals surface area contributed by atoms with Crippen LogP contribution in [0.5, 0.6) is 0 Å². The third kappa shape index (κ3) is 4.68. The standard InChI is InChI=1S/C18H17ClN4O4S/c1-23(28(2,25)26)15-5-3-4-13(10-15)18(24)20-11-16-21-17(22-27-16)12-6-8-14(19)9-7-12/h3-10H,11H2,1-2H3,(H,20,24). The average Bonchev–Trinajstić information content (AvgIpc) is 3.14. The summed E-state index contributed by atoms with van der Waals surface area (Å²) in [5.41, 5.74) is 1.44. The van der Waals surface area contributed by atoms with E-state index in [1.807, 2.05) is 0 Å². The fraction of sp³-hybridized carbons (Fsp3) is 0.167. The second-order valence-corrected chi connectivity index (χ2v) is 8.43. The van der Waals surface area contributed by atoms with Gasteiger partial charge in [0.25, 0.3) is 5.91 Å². The molecule has 0 aliphatic carbocycles. The van der Waals surface area contributed by atoms with Crippen LogP contribution >= 0.6 is 11.6 Å². The number of sulfonamides is 1. The van der Waals surface area contributed by atoms with Crippen molar-refractivity contribution in [3.63, 3.8) is 0 Å². The number of benzene rings is 2. The van der Waals surface area contributed by atoms with Crippen LogP contribution in [-0.4, -0.2) is 37.8 Å². The van der Waals surface area contributed by atoms with Crippen molar-refractivity contribution in [2.24, 2.45) is 0 Å². The van der Waals surface area contributed by atoms with E-state index in [4.69, 9.17) is 16.1 Å². The predicted molar refractivity (Wildman–Crippen MR) is 106 cm³/mol. The lowest BCUT2D eigenvalue weighted by molar-refractivity contribution is 0.0946. The molecule has 1 N–H and O–H groups in total. The maximum absolute atomic E-state index is 12.4. The molecular formula is C18H17ClN4O4S. The molecule has 1 heterocycles. The molecule has 8 nitrogen and oxygen atoms in total. The Balaban J connectivity index is 1.67. The SMILES string of the molecule is CN(c1cccc(C(=O)NCc2nc(-c3ccc(Cl)cc3)no2)c1)S(C)(=O)=O. The third-order valence-corrected chi connectivity index (χ3v) is 5.40. The summed E-state index contributed by atoms with van der Waals surface area (Å²) in [6.45, 7) is 0.0333. The van der Waals surface area contributed by atoms with Gasteiger partial charge in [-0.3, -0.25) is 9.10 Å². The second kappa shape index (κ2) is 7.99. The van der Waals surface area contributed by atoms with E-state index in [1.54, 1.807) is 42.5 Å². The topological polar surface area (TPSA) is 105 Å². The second-order valence-electron chi connectivity index (χ2n) is 5.98. The van der Waals surface area contributed by atoms with E-state index >= 15 is 0 Å². The number of hydrogen-bond donors (Lipinski definition) is 1. The minimum Gasteiger partial charge on any atom is -0.343 e. The molecule has 0 fully saturated rings. The van der Waals surface area contributed by atoms with Crippen LogP contribution in [0.2, 0.25) is 5.02 Å². The number of anilines is 1. The highest BCUT2D eigenvalue weighted by atomic mass is 35.5. The number of rotatable bonds is 6. The van der Waals surface area contributed by atoms with E-state index in [0.717, 1.165) is 16.1 Å². The van der Waals surface area contributed by atoms with Gasteiger partial charge in [-0.1, -0.05) is 22.8 Å². The van der Waals surface area contributed by atoms with E-state index < -0.39 is 15.9 Å². The smallest absolute Gasteiger partial charge is 0.251 e. The highest BCUT2D eigenvalue weighted by molar-refractivity contribution is 7.92. The van der Waals surface area contributed by atoms with Crippen molar-refractivity contribution in [1.82, 2.24) is 15.5 Å². The number of amides is 1. The van der Waals surface area contributed by atoms with Gasteiger partial charge in [0.05, 0.1) is 18.5 Å². The molecule has 0 spiro atoms. The molecule has 3 rings (SSSR count). The first-order chi connectivity index (χ1) is 13.2. The van der Waals surface area contributed by atoms with Crippen molar-refractivity contribution in [1.29, 1.82) is 0 Å². The van der Waals surface area contributed by atoms with Gasteiger partial charge in [0, 0.05) is 23.2 Å². The summed E-state index contributed by atoms with van der Waals surface area (Å²) < 4.78 is 29.5.